The number of amides is 2. The smallest absolute Gasteiger partial charge is 0.315 e. The van der Waals surface area contributed by atoms with Gasteiger partial charge >= 0.3 is 6.03 Å². The quantitative estimate of drug-likeness (QED) is 0.812. The number of carbonyl (C=O) groups excluding carboxylic acids is 1. The first-order valence-electron chi connectivity index (χ1n) is 6.84. The van der Waals surface area contributed by atoms with Crippen LogP contribution in [0.2, 0.25) is 0 Å². The number of carbonyl (C=O) groups is 1. The van der Waals surface area contributed by atoms with Gasteiger partial charge < -0.3 is 10.6 Å². The maximum atomic E-state index is 11.8. The molecule has 3 nitrogen and oxygen atoms in total. The fourth-order valence-corrected chi connectivity index (χ4v) is 3.66. The summed E-state index contributed by atoms with van der Waals surface area (Å²) in [5.74, 6) is 0. The van der Waals surface area contributed by atoms with Crippen LogP contribution in [0.25, 0.3) is 0 Å². The second kappa shape index (κ2) is 5.98. The highest BCUT2D eigenvalue weighted by Crippen LogP contribution is 2.42. The van der Waals surface area contributed by atoms with Gasteiger partial charge in [0.2, 0.25) is 0 Å². The van der Waals surface area contributed by atoms with Gasteiger partial charge in [-0.05, 0) is 31.9 Å². The highest BCUT2D eigenvalue weighted by Gasteiger charge is 2.36. The van der Waals surface area contributed by atoms with E-state index in [2.05, 4.69) is 16.9 Å². The summed E-state index contributed by atoms with van der Waals surface area (Å²) in [4.78, 5) is 11.8. The Balaban J connectivity index is 1.66. The topological polar surface area (TPSA) is 41.1 Å². The molecule has 4 heteroatoms. The lowest BCUT2D eigenvalue weighted by atomic mass is 9.84. The van der Waals surface area contributed by atoms with Crippen molar-refractivity contribution >= 4 is 17.8 Å². The molecule has 0 aliphatic heterocycles. The van der Waals surface area contributed by atoms with E-state index in [1.807, 2.05) is 11.8 Å². The van der Waals surface area contributed by atoms with Crippen LogP contribution < -0.4 is 10.6 Å². The molecule has 2 saturated carbocycles. The van der Waals surface area contributed by atoms with Crippen molar-refractivity contribution < 1.29 is 4.79 Å². The van der Waals surface area contributed by atoms with E-state index in [-0.39, 0.29) is 6.03 Å². The average molecular weight is 256 g/mol. The second-order valence-corrected chi connectivity index (χ2v) is 6.68. The third-order valence-electron chi connectivity index (χ3n) is 4.21. The molecule has 2 amide bonds. The lowest BCUT2D eigenvalue weighted by Crippen LogP contribution is -2.50. The van der Waals surface area contributed by atoms with Crippen LogP contribution in [0.1, 0.15) is 51.4 Å². The van der Waals surface area contributed by atoms with Crippen LogP contribution in [0.15, 0.2) is 0 Å². The van der Waals surface area contributed by atoms with E-state index in [1.54, 1.807) is 0 Å². The SMILES string of the molecule is CSC1(CNC(=O)NC2CCCCC2)CCC1. The summed E-state index contributed by atoms with van der Waals surface area (Å²) >= 11 is 1.90. The van der Waals surface area contributed by atoms with Gasteiger partial charge in [-0.15, -0.1) is 0 Å². The molecule has 0 unspecified atom stereocenters. The van der Waals surface area contributed by atoms with Crippen molar-refractivity contribution in [1.29, 1.82) is 0 Å². The number of urea groups is 1. The molecule has 2 aliphatic carbocycles. The second-order valence-electron chi connectivity index (χ2n) is 5.40. The standard InChI is InChI=1S/C13H24N2OS/c1-17-13(8-5-9-13)10-14-12(16)15-11-6-3-2-4-7-11/h11H,2-10H2,1H3,(H2,14,15,16). The van der Waals surface area contributed by atoms with Gasteiger partial charge in [0.15, 0.2) is 0 Å². The number of hydrogen-bond donors (Lipinski definition) is 2. The van der Waals surface area contributed by atoms with Crippen LogP contribution in [0.5, 0.6) is 0 Å². The lowest BCUT2D eigenvalue weighted by Gasteiger charge is -2.40. The van der Waals surface area contributed by atoms with Gasteiger partial charge in [0, 0.05) is 17.3 Å². The molecule has 0 saturated heterocycles. The summed E-state index contributed by atoms with van der Waals surface area (Å²) in [7, 11) is 0. The highest BCUT2D eigenvalue weighted by atomic mass is 32.2. The molecule has 0 aromatic rings. The maximum Gasteiger partial charge on any atom is 0.315 e. The summed E-state index contributed by atoms with van der Waals surface area (Å²) in [6, 6.07) is 0.451. The van der Waals surface area contributed by atoms with Crippen molar-refractivity contribution in [2.45, 2.75) is 62.2 Å². The van der Waals surface area contributed by atoms with Crippen molar-refractivity contribution in [3.05, 3.63) is 0 Å². The Morgan fingerprint density at radius 1 is 1.24 bits per heavy atom. The van der Waals surface area contributed by atoms with Gasteiger partial charge in [0.05, 0.1) is 0 Å². The molecule has 2 N–H and O–H groups in total. The normalized spacial score (nSPS) is 23.8. The molecule has 0 radical (unpaired) electrons. The van der Waals surface area contributed by atoms with E-state index in [4.69, 9.17) is 0 Å². The molecule has 0 atom stereocenters. The van der Waals surface area contributed by atoms with E-state index >= 15 is 0 Å². The predicted octanol–water partition coefficient (Wildman–Crippen LogP) is 2.90. The third kappa shape index (κ3) is 3.54. The summed E-state index contributed by atoms with van der Waals surface area (Å²) in [6.45, 7) is 0.826. The molecular weight excluding hydrogens is 232 g/mol. The van der Waals surface area contributed by atoms with E-state index in [0.717, 1.165) is 19.4 Å². The Kier molecular flexibility index (Phi) is 4.60. The molecule has 0 aromatic carbocycles. The van der Waals surface area contributed by atoms with Gasteiger partial charge in [-0.25, -0.2) is 4.79 Å². The number of nitrogens with one attached hydrogen (secondary N) is 2. The molecule has 2 fully saturated rings. The number of hydrogen-bond acceptors (Lipinski definition) is 2. The Morgan fingerprint density at radius 3 is 2.47 bits per heavy atom. The van der Waals surface area contributed by atoms with Crippen LogP contribution in [0.4, 0.5) is 4.79 Å². The van der Waals surface area contributed by atoms with Gasteiger partial charge in [-0.2, -0.15) is 11.8 Å². The molecule has 98 valence electrons. The summed E-state index contributed by atoms with van der Waals surface area (Å²) in [6.07, 6.45) is 12.1. The molecule has 2 aliphatic rings. The molecule has 17 heavy (non-hydrogen) atoms. The minimum absolute atomic E-state index is 0.0391. The molecule has 2 rings (SSSR count). The van der Waals surface area contributed by atoms with Gasteiger partial charge in [0.25, 0.3) is 0 Å². The Hall–Kier alpha value is -0.380. The lowest BCUT2D eigenvalue weighted by molar-refractivity contribution is 0.228. The Morgan fingerprint density at radius 2 is 1.94 bits per heavy atom. The largest absolute Gasteiger partial charge is 0.337 e. The number of thioether (sulfide) groups is 1. The van der Waals surface area contributed by atoms with Crippen LogP contribution in [0, 0.1) is 0 Å². The van der Waals surface area contributed by atoms with E-state index < -0.39 is 0 Å². The van der Waals surface area contributed by atoms with Crippen LogP contribution >= 0.6 is 11.8 Å². The zero-order valence-electron chi connectivity index (χ0n) is 10.8. The van der Waals surface area contributed by atoms with Gasteiger partial charge in [0.1, 0.15) is 0 Å². The highest BCUT2D eigenvalue weighted by molar-refractivity contribution is 8.00. The van der Waals surface area contributed by atoms with Crippen LogP contribution in [0.3, 0.4) is 0 Å². The van der Waals surface area contributed by atoms with Crippen molar-refractivity contribution in [2.75, 3.05) is 12.8 Å². The molecule has 0 aromatic heterocycles. The third-order valence-corrected chi connectivity index (χ3v) is 5.63. The molecule has 0 bridgehead atoms. The summed E-state index contributed by atoms with van der Waals surface area (Å²) in [5, 5.41) is 6.16. The monoisotopic (exact) mass is 256 g/mol. The minimum atomic E-state index is 0.0391. The van der Waals surface area contributed by atoms with E-state index in [0.29, 0.717) is 10.8 Å². The summed E-state index contributed by atoms with van der Waals surface area (Å²) < 4.78 is 0.337. The fourth-order valence-electron chi connectivity index (χ4n) is 2.75. The zero-order valence-corrected chi connectivity index (χ0v) is 11.6. The molecule has 0 heterocycles. The summed E-state index contributed by atoms with van der Waals surface area (Å²) in [5.41, 5.74) is 0. The van der Waals surface area contributed by atoms with E-state index in [1.165, 1.54) is 38.5 Å². The van der Waals surface area contributed by atoms with Crippen molar-refractivity contribution in [3.63, 3.8) is 0 Å². The first kappa shape index (κ1) is 13.1. The molecular formula is C13H24N2OS. The Labute approximate surface area is 108 Å². The predicted molar refractivity (Wildman–Crippen MR) is 73.5 cm³/mol. The van der Waals surface area contributed by atoms with Crippen molar-refractivity contribution in [1.82, 2.24) is 10.6 Å². The average Bonchev–Trinajstić information content (AvgIpc) is 2.29. The van der Waals surface area contributed by atoms with Crippen LogP contribution in [-0.2, 0) is 0 Å². The first-order valence-corrected chi connectivity index (χ1v) is 8.06. The van der Waals surface area contributed by atoms with Crippen LogP contribution in [-0.4, -0.2) is 29.6 Å². The minimum Gasteiger partial charge on any atom is -0.337 e. The maximum absolute atomic E-state index is 11.8. The molecule has 0 spiro atoms. The fraction of sp³-hybridized carbons (Fsp3) is 0.923. The van der Waals surface area contributed by atoms with Crippen molar-refractivity contribution in [2.24, 2.45) is 0 Å². The van der Waals surface area contributed by atoms with Gasteiger partial charge in [-0.3, -0.25) is 0 Å². The number of rotatable bonds is 4. The Bertz CT molecular complexity index is 255. The zero-order chi connectivity index (χ0) is 12.1. The van der Waals surface area contributed by atoms with Crippen molar-refractivity contribution in [3.8, 4) is 0 Å². The van der Waals surface area contributed by atoms with Gasteiger partial charge in [-0.1, -0.05) is 25.7 Å². The first-order chi connectivity index (χ1) is 8.24. The van der Waals surface area contributed by atoms with E-state index in [9.17, 15) is 4.79 Å².